The summed E-state index contributed by atoms with van der Waals surface area (Å²) in [6.07, 6.45) is 9.63. The molecular weight excluding hydrogens is 640 g/mol. The summed E-state index contributed by atoms with van der Waals surface area (Å²) in [5, 5.41) is 13.5. The highest BCUT2D eigenvalue weighted by Crippen LogP contribution is 2.30. The van der Waals surface area contributed by atoms with E-state index >= 15 is 0 Å². The number of amides is 3. The van der Waals surface area contributed by atoms with E-state index in [1.54, 1.807) is 30.5 Å². The Labute approximate surface area is 293 Å². The summed E-state index contributed by atoms with van der Waals surface area (Å²) in [7, 11) is 1.80. The summed E-state index contributed by atoms with van der Waals surface area (Å²) in [5.74, 6) is 1.10. The molecule has 0 bridgehead atoms. The second-order valence-corrected chi connectivity index (χ2v) is 13.9. The van der Waals surface area contributed by atoms with Crippen LogP contribution in [-0.4, -0.2) is 102 Å². The van der Waals surface area contributed by atoms with E-state index < -0.39 is 11.7 Å². The lowest BCUT2D eigenvalue weighted by molar-refractivity contribution is -0.136. The molecule has 270 valence electrons. The third-order valence-corrected chi connectivity index (χ3v) is 8.48. The number of nitrogens with zero attached hydrogens (tertiary/aromatic N) is 4. The number of hydrogen-bond donors (Lipinski definition) is 4. The minimum absolute atomic E-state index is 0.0117. The molecule has 2 aliphatic rings. The largest absolute Gasteiger partial charge is 0.444 e. The number of anilines is 3. The maximum absolute atomic E-state index is 13.4. The van der Waals surface area contributed by atoms with E-state index in [0.29, 0.717) is 75.6 Å². The van der Waals surface area contributed by atoms with Gasteiger partial charge in [-0.2, -0.15) is 0 Å². The summed E-state index contributed by atoms with van der Waals surface area (Å²) in [6.45, 7) is 7.81. The highest BCUT2D eigenvalue weighted by atomic mass is 16.6. The van der Waals surface area contributed by atoms with Crippen molar-refractivity contribution in [3.63, 3.8) is 0 Å². The molecular formula is C36H50N8O6. The lowest BCUT2D eigenvalue weighted by atomic mass is 9.85. The number of hydrogen-bond acceptors (Lipinski definition) is 11. The van der Waals surface area contributed by atoms with Gasteiger partial charge in [-0.3, -0.25) is 14.6 Å². The smallest absolute Gasteiger partial charge is 0.407 e. The number of nitrogens with one attached hydrogen (secondary N) is 4. The van der Waals surface area contributed by atoms with Gasteiger partial charge in [0.1, 0.15) is 17.2 Å². The first-order valence-corrected chi connectivity index (χ1v) is 17.5. The van der Waals surface area contributed by atoms with Crippen molar-refractivity contribution in [1.29, 1.82) is 0 Å². The van der Waals surface area contributed by atoms with Gasteiger partial charge in [0, 0.05) is 68.2 Å². The summed E-state index contributed by atoms with van der Waals surface area (Å²) in [4.78, 5) is 53.2. The molecule has 14 nitrogen and oxygen atoms in total. The molecule has 50 heavy (non-hydrogen) atoms. The molecule has 2 saturated carbocycles. The second kappa shape index (κ2) is 17.4. The highest BCUT2D eigenvalue weighted by molar-refractivity contribution is 6.00. The summed E-state index contributed by atoms with van der Waals surface area (Å²) in [6, 6.07) is 7.89. The molecule has 3 aromatic heterocycles. The van der Waals surface area contributed by atoms with Crippen molar-refractivity contribution in [2.24, 2.45) is 5.92 Å². The van der Waals surface area contributed by atoms with Crippen LogP contribution in [0.2, 0.25) is 0 Å². The van der Waals surface area contributed by atoms with Gasteiger partial charge < -0.3 is 40.4 Å². The Kier molecular flexibility index (Phi) is 12.8. The average molecular weight is 691 g/mol. The molecule has 5 rings (SSSR count). The fourth-order valence-electron chi connectivity index (χ4n) is 5.67. The van der Waals surface area contributed by atoms with E-state index in [1.165, 1.54) is 0 Å². The number of likely N-dealkylation sites (N-methyl/N-ethyl adjacent to an activating group) is 1. The van der Waals surface area contributed by atoms with Crippen LogP contribution >= 0.6 is 0 Å². The van der Waals surface area contributed by atoms with Gasteiger partial charge in [0.05, 0.1) is 43.2 Å². The predicted molar refractivity (Wildman–Crippen MR) is 190 cm³/mol. The Morgan fingerprint density at radius 1 is 0.900 bits per heavy atom. The average Bonchev–Trinajstić information content (AvgIpc) is 3.90. The van der Waals surface area contributed by atoms with Crippen LogP contribution in [0.25, 0.3) is 10.9 Å². The lowest BCUT2D eigenvalue weighted by Gasteiger charge is -2.31. The summed E-state index contributed by atoms with van der Waals surface area (Å²) >= 11 is 0. The molecule has 3 heterocycles. The number of carbonyl (C=O) groups excluding carboxylic acids is 3. The molecule has 0 radical (unpaired) electrons. The Bertz CT molecular complexity index is 1600. The zero-order chi connectivity index (χ0) is 35.5. The first kappa shape index (κ1) is 36.7. The van der Waals surface area contributed by atoms with Crippen LogP contribution in [0.4, 0.5) is 22.1 Å². The number of carbonyl (C=O) groups is 3. The Morgan fingerprint density at radius 3 is 2.38 bits per heavy atom. The first-order valence-electron chi connectivity index (χ1n) is 17.5. The van der Waals surface area contributed by atoms with Crippen molar-refractivity contribution in [1.82, 2.24) is 30.5 Å². The van der Waals surface area contributed by atoms with Gasteiger partial charge in [0.2, 0.25) is 5.91 Å². The second-order valence-electron chi connectivity index (χ2n) is 13.9. The summed E-state index contributed by atoms with van der Waals surface area (Å²) in [5.41, 5.74) is 1.53. The third kappa shape index (κ3) is 11.5. The van der Waals surface area contributed by atoms with Crippen LogP contribution in [0.5, 0.6) is 0 Å². The monoisotopic (exact) mass is 690 g/mol. The van der Waals surface area contributed by atoms with Gasteiger partial charge in [-0.15, -0.1) is 0 Å². The SMILES string of the molecule is CN(CCOCCOCCNC(=O)OC(C)(C)C)C(=O)C1CCC(NC(=O)c2cnc(Nc3ccc4cnccc4n3)cc2NC2CC2)CC1. The van der Waals surface area contributed by atoms with Crippen LogP contribution in [0, 0.1) is 5.92 Å². The summed E-state index contributed by atoms with van der Waals surface area (Å²) < 4.78 is 16.3. The molecule has 0 spiro atoms. The Balaban J connectivity index is 1.00. The number of rotatable bonds is 16. The van der Waals surface area contributed by atoms with E-state index in [1.807, 2.05) is 45.0 Å². The van der Waals surface area contributed by atoms with Gasteiger partial charge in [-0.25, -0.2) is 14.8 Å². The van der Waals surface area contributed by atoms with Gasteiger partial charge in [-0.05, 0) is 77.5 Å². The molecule has 4 N–H and O–H groups in total. The molecule has 0 saturated heterocycles. The van der Waals surface area contributed by atoms with Gasteiger partial charge >= 0.3 is 6.09 Å². The fourth-order valence-corrected chi connectivity index (χ4v) is 5.67. The number of ether oxygens (including phenoxy) is 3. The standard InChI is InChI=1S/C36H50N8O6/c1-36(2,3)50-35(47)38-15-17-48-19-20-49-18-16-44(4)34(46)24-5-8-27(9-6-24)41-33(45)28-23-39-32(21-30(28)40-26-10-11-26)43-31-12-7-25-22-37-14-13-29(25)42-31/h7,12-14,21-24,26-27H,5-6,8-11,15-20H2,1-4H3,(H,38,47)(H,41,45)(H2,39,40,42,43). The van der Waals surface area contributed by atoms with Crippen molar-refractivity contribution in [3.05, 3.63) is 48.4 Å². The first-order chi connectivity index (χ1) is 24.0. The number of pyridine rings is 3. The van der Waals surface area contributed by atoms with Crippen LogP contribution in [0.3, 0.4) is 0 Å². The molecule has 0 unspecified atom stereocenters. The van der Waals surface area contributed by atoms with E-state index in [0.717, 1.165) is 42.3 Å². The quantitative estimate of drug-likeness (QED) is 0.154. The topological polar surface area (TPSA) is 169 Å². The van der Waals surface area contributed by atoms with Crippen molar-refractivity contribution < 1.29 is 28.6 Å². The maximum atomic E-state index is 13.4. The van der Waals surface area contributed by atoms with E-state index in [2.05, 4.69) is 36.2 Å². The minimum Gasteiger partial charge on any atom is -0.444 e. The maximum Gasteiger partial charge on any atom is 0.407 e. The van der Waals surface area contributed by atoms with Crippen LogP contribution in [0.15, 0.2) is 42.9 Å². The van der Waals surface area contributed by atoms with Crippen LogP contribution in [-0.2, 0) is 19.0 Å². The lowest BCUT2D eigenvalue weighted by Crippen LogP contribution is -2.42. The molecule has 3 aromatic rings. The third-order valence-electron chi connectivity index (χ3n) is 8.48. The molecule has 2 fully saturated rings. The van der Waals surface area contributed by atoms with Crippen molar-refractivity contribution in [2.75, 3.05) is 57.2 Å². The van der Waals surface area contributed by atoms with E-state index in [4.69, 9.17) is 14.2 Å². The zero-order valence-electron chi connectivity index (χ0n) is 29.5. The normalized spacial score (nSPS) is 17.5. The van der Waals surface area contributed by atoms with Crippen molar-refractivity contribution in [2.45, 2.75) is 77.0 Å². The van der Waals surface area contributed by atoms with Gasteiger partial charge in [0.25, 0.3) is 5.91 Å². The van der Waals surface area contributed by atoms with Gasteiger partial charge in [0.15, 0.2) is 0 Å². The molecule has 0 aromatic carbocycles. The van der Waals surface area contributed by atoms with Crippen molar-refractivity contribution in [3.8, 4) is 0 Å². The minimum atomic E-state index is -0.537. The predicted octanol–water partition coefficient (Wildman–Crippen LogP) is 4.65. The van der Waals surface area contributed by atoms with E-state index in [9.17, 15) is 14.4 Å². The fraction of sp³-hybridized carbons (Fsp3) is 0.556. The number of alkyl carbamates (subject to hydrolysis) is 1. The molecule has 14 heteroatoms. The Morgan fingerprint density at radius 2 is 1.64 bits per heavy atom. The van der Waals surface area contributed by atoms with Crippen LogP contribution in [0.1, 0.15) is 69.7 Å². The molecule has 0 aliphatic heterocycles. The Hall–Kier alpha value is -4.56. The van der Waals surface area contributed by atoms with E-state index in [-0.39, 0.29) is 23.8 Å². The van der Waals surface area contributed by atoms with Gasteiger partial charge in [-0.1, -0.05) is 0 Å². The molecule has 0 atom stereocenters. The van der Waals surface area contributed by atoms with Crippen molar-refractivity contribution >= 4 is 46.1 Å². The number of fused-ring (bicyclic) bond motifs is 1. The molecule has 2 aliphatic carbocycles. The molecule has 3 amide bonds. The highest BCUT2D eigenvalue weighted by Gasteiger charge is 2.30. The number of aromatic nitrogens is 3. The van der Waals surface area contributed by atoms with Crippen LogP contribution < -0.4 is 21.3 Å². The zero-order valence-corrected chi connectivity index (χ0v) is 29.5.